The second kappa shape index (κ2) is 2.80. The minimum absolute atomic E-state index is 1.02. The molecule has 0 saturated carbocycles. The molecule has 1 atom stereocenters. The average molecular weight is 127 g/mol. The Morgan fingerprint density at radius 3 is 2.43 bits per heavy atom. The van der Waals surface area contributed by atoms with Crippen molar-refractivity contribution in [2.45, 2.75) is 5.38 Å². The first-order valence-corrected chi connectivity index (χ1v) is 2.05. The lowest BCUT2D eigenvalue weighted by Crippen LogP contribution is -2.14. The van der Waals surface area contributed by atoms with Crippen LogP contribution in [-0.2, 0) is 4.79 Å². The van der Waals surface area contributed by atoms with Gasteiger partial charge in [-0.25, -0.2) is 4.39 Å². The van der Waals surface area contributed by atoms with E-state index in [-0.39, 0.29) is 0 Å². The van der Waals surface area contributed by atoms with Gasteiger partial charge in [0.25, 0.3) is 0 Å². The van der Waals surface area contributed by atoms with Crippen LogP contribution in [0.4, 0.5) is 4.39 Å². The molecule has 0 aromatic heterocycles. The maximum absolute atomic E-state index is 11.1. The maximum atomic E-state index is 11.1. The quantitative estimate of drug-likeness (QED) is 0.552. The van der Waals surface area contributed by atoms with Crippen LogP contribution in [0.2, 0.25) is 0 Å². The molecule has 0 bridgehead atoms. The standard InChI is InChI=1S/C3H4ClFO2/c4-2(1-5)3(6)7/h2H,1H2,(H,6,7). The van der Waals surface area contributed by atoms with Crippen molar-refractivity contribution in [1.82, 2.24) is 0 Å². The largest absolute Gasteiger partial charge is 0.480 e. The fourth-order valence-corrected chi connectivity index (χ4v) is 0.0660. The van der Waals surface area contributed by atoms with Crippen molar-refractivity contribution in [3.8, 4) is 0 Å². The summed E-state index contributed by atoms with van der Waals surface area (Å²) in [5.74, 6) is -1.32. The van der Waals surface area contributed by atoms with Gasteiger partial charge in [0.2, 0.25) is 0 Å². The fourth-order valence-electron chi connectivity index (χ4n) is 0.0660. The number of hydrogen-bond acceptors (Lipinski definition) is 1. The monoisotopic (exact) mass is 126 g/mol. The highest BCUT2D eigenvalue weighted by atomic mass is 35.5. The van der Waals surface area contributed by atoms with Gasteiger partial charge in [0.05, 0.1) is 0 Å². The molecule has 1 N–H and O–H groups in total. The van der Waals surface area contributed by atoms with Crippen LogP contribution in [0.25, 0.3) is 0 Å². The summed E-state index contributed by atoms with van der Waals surface area (Å²) in [4.78, 5) is 9.56. The van der Waals surface area contributed by atoms with E-state index in [0.29, 0.717) is 0 Å². The first-order chi connectivity index (χ1) is 3.18. The van der Waals surface area contributed by atoms with Gasteiger partial charge >= 0.3 is 5.97 Å². The number of carboxylic acid groups (broad SMARTS) is 1. The zero-order valence-corrected chi connectivity index (χ0v) is 4.15. The smallest absolute Gasteiger partial charge is 0.324 e. The molecule has 0 aromatic carbocycles. The molecular formula is C3H4ClFO2. The van der Waals surface area contributed by atoms with Crippen LogP contribution in [0.3, 0.4) is 0 Å². The molecule has 0 amide bonds. The van der Waals surface area contributed by atoms with Gasteiger partial charge in [-0.15, -0.1) is 11.6 Å². The Labute approximate surface area is 44.9 Å². The van der Waals surface area contributed by atoms with Crippen molar-refractivity contribution in [2.24, 2.45) is 0 Å². The summed E-state index contributed by atoms with van der Waals surface area (Å²) in [6.07, 6.45) is 0. The Kier molecular flexibility index (Phi) is 2.67. The van der Waals surface area contributed by atoms with Crippen LogP contribution in [0.1, 0.15) is 0 Å². The lowest BCUT2D eigenvalue weighted by atomic mass is 10.5. The molecule has 2 nitrogen and oxygen atoms in total. The van der Waals surface area contributed by atoms with Crippen molar-refractivity contribution < 1.29 is 14.3 Å². The van der Waals surface area contributed by atoms with Crippen molar-refractivity contribution in [2.75, 3.05) is 6.67 Å². The predicted octanol–water partition coefficient (Wildman–Crippen LogP) is 0.648. The second-order valence-corrected chi connectivity index (χ2v) is 1.49. The molecule has 0 saturated heterocycles. The Balaban J connectivity index is 3.34. The molecule has 42 valence electrons. The first kappa shape index (κ1) is 6.69. The number of rotatable bonds is 2. The van der Waals surface area contributed by atoms with Crippen LogP contribution in [0.15, 0.2) is 0 Å². The molecule has 7 heavy (non-hydrogen) atoms. The Morgan fingerprint density at radius 2 is 2.43 bits per heavy atom. The number of aliphatic carboxylic acids is 1. The highest BCUT2D eigenvalue weighted by Crippen LogP contribution is 1.94. The van der Waals surface area contributed by atoms with Gasteiger partial charge in [0, 0.05) is 0 Å². The SMILES string of the molecule is O=C(O)C(Cl)CF. The van der Waals surface area contributed by atoms with Crippen LogP contribution in [-0.4, -0.2) is 23.1 Å². The molecule has 4 heteroatoms. The molecule has 0 aliphatic rings. The maximum Gasteiger partial charge on any atom is 0.324 e. The van der Waals surface area contributed by atoms with E-state index in [2.05, 4.69) is 0 Å². The van der Waals surface area contributed by atoms with E-state index in [4.69, 9.17) is 16.7 Å². The van der Waals surface area contributed by atoms with E-state index < -0.39 is 18.0 Å². The van der Waals surface area contributed by atoms with Crippen LogP contribution < -0.4 is 0 Å². The van der Waals surface area contributed by atoms with Gasteiger partial charge in [0.1, 0.15) is 6.67 Å². The topological polar surface area (TPSA) is 37.3 Å². The van der Waals surface area contributed by atoms with Gasteiger partial charge in [0.15, 0.2) is 5.38 Å². The molecule has 0 heterocycles. The number of carboxylic acids is 1. The lowest BCUT2D eigenvalue weighted by Gasteiger charge is -1.91. The minimum atomic E-state index is -1.38. The Morgan fingerprint density at radius 1 is 2.00 bits per heavy atom. The molecule has 0 rings (SSSR count). The zero-order chi connectivity index (χ0) is 5.86. The Bertz CT molecular complexity index is 75.3. The van der Waals surface area contributed by atoms with Crippen LogP contribution >= 0.6 is 11.6 Å². The predicted molar refractivity (Wildman–Crippen MR) is 23.3 cm³/mol. The zero-order valence-electron chi connectivity index (χ0n) is 3.40. The minimum Gasteiger partial charge on any atom is -0.480 e. The highest BCUT2D eigenvalue weighted by molar-refractivity contribution is 6.29. The van der Waals surface area contributed by atoms with Gasteiger partial charge in [-0.05, 0) is 0 Å². The van der Waals surface area contributed by atoms with Crippen molar-refractivity contribution in [3.63, 3.8) is 0 Å². The van der Waals surface area contributed by atoms with Crippen molar-refractivity contribution in [3.05, 3.63) is 0 Å². The van der Waals surface area contributed by atoms with E-state index in [0.717, 1.165) is 0 Å². The number of hydrogen-bond donors (Lipinski definition) is 1. The summed E-state index contributed by atoms with van der Waals surface area (Å²) in [6.45, 7) is -1.02. The van der Waals surface area contributed by atoms with Gasteiger partial charge in [-0.1, -0.05) is 0 Å². The van der Waals surface area contributed by atoms with E-state index >= 15 is 0 Å². The normalized spacial score (nSPS) is 13.4. The summed E-state index contributed by atoms with van der Waals surface area (Å²) < 4.78 is 11.1. The van der Waals surface area contributed by atoms with E-state index in [1.54, 1.807) is 0 Å². The first-order valence-electron chi connectivity index (χ1n) is 1.61. The summed E-state index contributed by atoms with van der Waals surface area (Å²) in [7, 11) is 0. The molecule has 0 spiro atoms. The molecule has 0 aliphatic carbocycles. The van der Waals surface area contributed by atoms with E-state index in [1.807, 2.05) is 0 Å². The third-order valence-corrected chi connectivity index (χ3v) is 0.707. The van der Waals surface area contributed by atoms with Crippen LogP contribution in [0, 0.1) is 0 Å². The van der Waals surface area contributed by atoms with Crippen molar-refractivity contribution in [1.29, 1.82) is 0 Å². The number of alkyl halides is 2. The molecule has 0 fully saturated rings. The highest BCUT2D eigenvalue weighted by Gasteiger charge is 2.10. The fraction of sp³-hybridized carbons (Fsp3) is 0.667. The average Bonchev–Trinajstić information content (AvgIpc) is 1.65. The van der Waals surface area contributed by atoms with Gasteiger partial charge in [-0.2, -0.15) is 0 Å². The third-order valence-electron chi connectivity index (χ3n) is 0.403. The second-order valence-electron chi connectivity index (χ2n) is 0.960. The van der Waals surface area contributed by atoms with Crippen molar-refractivity contribution >= 4 is 17.6 Å². The van der Waals surface area contributed by atoms with Gasteiger partial charge < -0.3 is 5.11 Å². The number of carbonyl (C=O) groups is 1. The number of halogens is 2. The lowest BCUT2D eigenvalue weighted by molar-refractivity contribution is -0.136. The van der Waals surface area contributed by atoms with Gasteiger partial charge in [-0.3, -0.25) is 4.79 Å². The molecule has 1 unspecified atom stereocenters. The molecule has 0 aliphatic heterocycles. The third kappa shape index (κ3) is 2.39. The van der Waals surface area contributed by atoms with Crippen LogP contribution in [0.5, 0.6) is 0 Å². The van der Waals surface area contributed by atoms with E-state index in [1.165, 1.54) is 0 Å². The summed E-state index contributed by atoms with van der Waals surface area (Å²) >= 11 is 4.83. The summed E-state index contributed by atoms with van der Waals surface area (Å²) in [5, 5.41) is 6.44. The Hall–Kier alpha value is -0.310. The summed E-state index contributed by atoms with van der Waals surface area (Å²) in [6, 6.07) is 0. The molecule has 0 radical (unpaired) electrons. The summed E-state index contributed by atoms with van der Waals surface area (Å²) in [5.41, 5.74) is 0. The molecule has 0 aromatic rings. The van der Waals surface area contributed by atoms with E-state index in [9.17, 15) is 9.18 Å². The molecular weight excluding hydrogens is 122 g/mol.